The quantitative estimate of drug-likeness (QED) is 0.277. The zero-order valence-electron chi connectivity index (χ0n) is 16.0. The predicted octanol–water partition coefficient (Wildman–Crippen LogP) is 8.05. The predicted molar refractivity (Wildman–Crippen MR) is 128 cm³/mol. The van der Waals surface area contributed by atoms with Gasteiger partial charge in [-0.3, -0.25) is 4.98 Å². The molecule has 2 nitrogen and oxygen atoms in total. The average Bonchev–Trinajstić information content (AvgIpc) is 3.16. The van der Waals surface area contributed by atoms with Gasteiger partial charge in [0.1, 0.15) is 0 Å². The third kappa shape index (κ3) is 2.10. The van der Waals surface area contributed by atoms with Crippen LogP contribution in [0.25, 0.3) is 42.1 Å². The van der Waals surface area contributed by atoms with E-state index in [0.29, 0.717) is 0 Å². The third-order valence-corrected chi connectivity index (χ3v) is 7.20. The van der Waals surface area contributed by atoms with E-state index in [9.17, 15) is 0 Å². The van der Waals surface area contributed by atoms with Crippen LogP contribution in [0.5, 0.6) is 0 Å². The van der Waals surface area contributed by atoms with E-state index in [1.54, 1.807) is 0 Å². The van der Waals surface area contributed by atoms with Gasteiger partial charge in [0.2, 0.25) is 0 Å². The molecule has 7 rings (SSSR count). The van der Waals surface area contributed by atoms with Crippen LogP contribution in [0.2, 0.25) is 0 Å². The van der Waals surface area contributed by atoms with Crippen molar-refractivity contribution in [3.63, 3.8) is 0 Å². The van der Waals surface area contributed by atoms with Crippen LogP contribution in [-0.2, 0) is 0 Å². The van der Waals surface area contributed by atoms with E-state index in [1.807, 2.05) is 23.7 Å². The second kappa shape index (κ2) is 5.91. The molecule has 0 spiro atoms. The first kappa shape index (κ1) is 16.1. The number of pyridine rings is 1. The van der Waals surface area contributed by atoms with Crippen molar-refractivity contribution in [2.75, 3.05) is 4.90 Å². The smallest absolute Gasteiger partial charge is 0.0555 e. The summed E-state index contributed by atoms with van der Waals surface area (Å²) in [6.45, 7) is 0. The van der Waals surface area contributed by atoms with Gasteiger partial charge in [-0.1, -0.05) is 48.5 Å². The number of nitrogens with zero attached hydrogens (tertiary/aromatic N) is 2. The molecule has 0 amide bonds. The van der Waals surface area contributed by atoms with Crippen LogP contribution in [-0.4, -0.2) is 4.98 Å². The number of hydrogen-bond acceptors (Lipinski definition) is 3. The van der Waals surface area contributed by atoms with Crippen LogP contribution in [0.4, 0.5) is 17.1 Å². The normalized spacial score (nSPS) is 12.6. The highest BCUT2D eigenvalue weighted by Crippen LogP contribution is 2.52. The number of aromatic nitrogens is 1. The zero-order valence-corrected chi connectivity index (χ0v) is 16.9. The highest BCUT2D eigenvalue weighted by molar-refractivity contribution is 7.25. The Labute approximate surface area is 177 Å². The van der Waals surface area contributed by atoms with Crippen molar-refractivity contribution in [1.29, 1.82) is 0 Å². The van der Waals surface area contributed by atoms with Crippen LogP contribution in [0.15, 0.2) is 97.3 Å². The molecule has 4 aromatic carbocycles. The maximum Gasteiger partial charge on any atom is 0.0555 e. The highest BCUT2D eigenvalue weighted by Gasteiger charge is 2.26. The monoisotopic (exact) mass is 400 g/mol. The lowest BCUT2D eigenvalue weighted by atomic mass is 9.90. The molecule has 0 atom stereocenters. The van der Waals surface area contributed by atoms with Gasteiger partial charge in [-0.15, -0.1) is 11.3 Å². The summed E-state index contributed by atoms with van der Waals surface area (Å²) in [6.07, 6.45) is 3.74. The molecule has 30 heavy (non-hydrogen) atoms. The Balaban J connectivity index is 1.67. The van der Waals surface area contributed by atoms with Crippen molar-refractivity contribution < 1.29 is 0 Å². The number of benzene rings is 4. The van der Waals surface area contributed by atoms with E-state index in [1.165, 1.54) is 53.4 Å². The number of hydrogen-bond donors (Lipinski definition) is 0. The first-order valence-electron chi connectivity index (χ1n) is 10.1. The number of rotatable bonds is 1. The molecule has 3 heterocycles. The van der Waals surface area contributed by atoms with Crippen LogP contribution in [0.1, 0.15) is 0 Å². The Hall–Kier alpha value is -3.69. The van der Waals surface area contributed by atoms with E-state index in [2.05, 4.69) is 94.8 Å². The summed E-state index contributed by atoms with van der Waals surface area (Å²) in [7, 11) is 0. The molecule has 0 unspecified atom stereocenters. The number of anilines is 3. The molecule has 6 aromatic rings. The van der Waals surface area contributed by atoms with Gasteiger partial charge in [-0.2, -0.15) is 0 Å². The molecule has 0 fully saturated rings. The van der Waals surface area contributed by atoms with Gasteiger partial charge in [0, 0.05) is 49.2 Å². The lowest BCUT2D eigenvalue weighted by molar-refractivity contribution is 1.25. The molecule has 0 bridgehead atoms. The number of thiophene rings is 1. The molecule has 0 N–H and O–H groups in total. The van der Waals surface area contributed by atoms with E-state index in [-0.39, 0.29) is 0 Å². The van der Waals surface area contributed by atoms with E-state index in [0.717, 1.165) is 5.69 Å². The summed E-state index contributed by atoms with van der Waals surface area (Å²) in [4.78, 5) is 6.63. The first-order valence-corrected chi connectivity index (χ1v) is 10.9. The fraction of sp³-hybridized carbons (Fsp3) is 0. The first-order chi connectivity index (χ1) is 14.9. The summed E-state index contributed by atoms with van der Waals surface area (Å²) >= 11 is 1.87. The lowest BCUT2D eigenvalue weighted by Crippen LogP contribution is -2.15. The second-order valence-corrected chi connectivity index (χ2v) is 8.77. The van der Waals surface area contributed by atoms with Gasteiger partial charge >= 0.3 is 0 Å². The van der Waals surface area contributed by atoms with Crippen molar-refractivity contribution in [3.8, 4) is 11.1 Å². The summed E-state index contributed by atoms with van der Waals surface area (Å²) in [5.41, 5.74) is 6.18. The van der Waals surface area contributed by atoms with Crippen molar-refractivity contribution in [2.24, 2.45) is 0 Å². The maximum absolute atomic E-state index is 4.24. The molecule has 3 heteroatoms. The Morgan fingerprint density at radius 1 is 0.633 bits per heavy atom. The standard InChI is InChI=1S/C27H16N2S/c1-2-10-25-19(7-1)22-15-21-20-8-3-5-17-6-4-9-23(27(17)20)29(18-11-13-28-14-12-18)24(21)16-26(22)30-25/h1-16H. The van der Waals surface area contributed by atoms with Crippen molar-refractivity contribution in [3.05, 3.63) is 97.3 Å². The topological polar surface area (TPSA) is 16.1 Å². The molecule has 1 aliphatic heterocycles. The summed E-state index contributed by atoms with van der Waals surface area (Å²) in [5.74, 6) is 0. The highest BCUT2D eigenvalue weighted by atomic mass is 32.1. The SMILES string of the molecule is c1cc2c3c(cccc3c1)N(c1ccncc1)c1cc3sc4ccccc4c3cc1-2. The molecular weight excluding hydrogens is 384 g/mol. The van der Waals surface area contributed by atoms with Crippen LogP contribution in [0, 0.1) is 0 Å². The fourth-order valence-electron chi connectivity index (χ4n) is 4.79. The van der Waals surface area contributed by atoms with Crippen molar-refractivity contribution in [2.45, 2.75) is 0 Å². The van der Waals surface area contributed by atoms with Crippen LogP contribution < -0.4 is 4.90 Å². The minimum absolute atomic E-state index is 1.13. The van der Waals surface area contributed by atoms with Gasteiger partial charge in [0.25, 0.3) is 0 Å². The summed E-state index contributed by atoms with van der Waals surface area (Å²) < 4.78 is 2.65. The molecule has 0 radical (unpaired) electrons. The number of fused-ring (bicyclic) bond motifs is 5. The Morgan fingerprint density at radius 3 is 2.37 bits per heavy atom. The summed E-state index contributed by atoms with van der Waals surface area (Å²) in [5, 5.41) is 5.25. The minimum atomic E-state index is 1.13. The molecular formula is C27H16N2S. The molecule has 0 aliphatic carbocycles. The zero-order chi connectivity index (χ0) is 19.7. The molecule has 140 valence electrons. The lowest BCUT2D eigenvalue weighted by Gasteiger charge is -2.33. The largest absolute Gasteiger partial charge is 0.309 e. The van der Waals surface area contributed by atoms with E-state index >= 15 is 0 Å². The maximum atomic E-state index is 4.24. The fourth-order valence-corrected chi connectivity index (χ4v) is 5.92. The van der Waals surface area contributed by atoms with Gasteiger partial charge in [-0.05, 0) is 47.3 Å². The van der Waals surface area contributed by atoms with Gasteiger partial charge in [0.15, 0.2) is 0 Å². The van der Waals surface area contributed by atoms with Crippen molar-refractivity contribution >= 4 is 59.3 Å². The van der Waals surface area contributed by atoms with E-state index in [4.69, 9.17) is 0 Å². The average molecular weight is 401 g/mol. The molecule has 1 aliphatic rings. The summed E-state index contributed by atoms with van der Waals surface area (Å²) in [6, 6.07) is 30.9. The molecule has 0 saturated heterocycles. The second-order valence-electron chi connectivity index (χ2n) is 7.69. The molecule has 0 saturated carbocycles. The van der Waals surface area contributed by atoms with Gasteiger partial charge < -0.3 is 4.90 Å². The van der Waals surface area contributed by atoms with Crippen molar-refractivity contribution in [1.82, 2.24) is 4.98 Å². The Kier molecular flexibility index (Phi) is 3.18. The van der Waals surface area contributed by atoms with E-state index < -0.39 is 0 Å². The Morgan fingerprint density at radius 2 is 1.47 bits per heavy atom. The molecule has 2 aromatic heterocycles. The third-order valence-electron chi connectivity index (χ3n) is 6.07. The van der Waals surface area contributed by atoms with Gasteiger partial charge in [-0.25, -0.2) is 0 Å². The van der Waals surface area contributed by atoms with Crippen LogP contribution in [0.3, 0.4) is 0 Å². The van der Waals surface area contributed by atoms with Crippen LogP contribution >= 0.6 is 11.3 Å². The van der Waals surface area contributed by atoms with Gasteiger partial charge in [0.05, 0.1) is 11.4 Å². The minimum Gasteiger partial charge on any atom is -0.309 e. The Bertz CT molecular complexity index is 1590.